The van der Waals surface area contributed by atoms with Crippen molar-refractivity contribution in [2.45, 2.75) is 19.6 Å². The molecule has 0 aromatic carbocycles. The third kappa shape index (κ3) is 2.96. The maximum atomic E-state index is 11.8. The van der Waals surface area contributed by atoms with Crippen molar-refractivity contribution in [3.63, 3.8) is 0 Å². The molecule has 0 bridgehead atoms. The molecule has 0 aliphatic carbocycles. The van der Waals surface area contributed by atoms with E-state index in [0.29, 0.717) is 26.2 Å². The molecule has 0 radical (unpaired) electrons. The van der Waals surface area contributed by atoms with E-state index in [-0.39, 0.29) is 12.1 Å². The Morgan fingerprint density at radius 3 is 3.31 bits per heavy atom. The number of hydrogen-bond acceptors (Lipinski definition) is 3. The summed E-state index contributed by atoms with van der Waals surface area (Å²) in [5, 5.41) is 4.93. The molecule has 1 aliphatic rings. The molecular formula is C11H16N2O2S. The van der Waals surface area contributed by atoms with Gasteiger partial charge in [-0.1, -0.05) is 6.07 Å². The van der Waals surface area contributed by atoms with Crippen molar-refractivity contribution in [1.29, 1.82) is 0 Å². The minimum absolute atomic E-state index is 0.00329. The summed E-state index contributed by atoms with van der Waals surface area (Å²) >= 11 is 1.65. The smallest absolute Gasteiger partial charge is 0.317 e. The van der Waals surface area contributed by atoms with Crippen LogP contribution >= 0.6 is 11.3 Å². The third-order valence-corrected chi connectivity index (χ3v) is 3.40. The van der Waals surface area contributed by atoms with Crippen LogP contribution in [0.15, 0.2) is 17.5 Å². The van der Waals surface area contributed by atoms with Gasteiger partial charge in [0.05, 0.1) is 19.3 Å². The maximum Gasteiger partial charge on any atom is 0.317 e. The van der Waals surface area contributed by atoms with E-state index in [1.807, 2.05) is 29.3 Å². The van der Waals surface area contributed by atoms with E-state index in [4.69, 9.17) is 4.74 Å². The number of nitrogens with one attached hydrogen (secondary N) is 1. The van der Waals surface area contributed by atoms with Crippen LogP contribution in [0.2, 0.25) is 0 Å². The Kier molecular flexibility index (Phi) is 3.79. The third-order valence-electron chi connectivity index (χ3n) is 2.52. The van der Waals surface area contributed by atoms with Crippen molar-refractivity contribution >= 4 is 17.4 Å². The van der Waals surface area contributed by atoms with Crippen LogP contribution in [0.1, 0.15) is 11.8 Å². The number of carbonyl (C=O) groups excluding carboxylic acids is 1. The second-order valence-corrected chi connectivity index (χ2v) is 4.90. The van der Waals surface area contributed by atoms with Crippen molar-refractivity contribution in [2.24, 2.45) is 0 Å². The predicted molar refractivity (Wildman–Crippen MR) is 63.5 cm³/mol. The van der Waals surface area contributed by atoms with E-state index < -0.39 is 0 Å². The van der Waals surface area contributed by atoms with Crippen molar-refractivity contribution < 1.29 is 9.53 Å². The fraction of sp³-hybridized carbons (Fsp3) is 0.545. The van der Waals surface area contributed by atoms with Gasteiger partial charge in [-0.25, -0.2) is 4.79 Å². The van der Waals surface area contributed by atoms with Crippen LogP contribution in [0, 0.1) is 0 Å². The summed E-state index contributed by atoms with van der Waals surface area (Å²) in [5.74, 6) is 0. The van der Waals surface area contributed by atoms with Crippen LogP contribution in [0.5, 0.6) is 0 Å². The van der Waals surface area contributed by atoms with Gasteiger partial charge in [-0.3, -0.25) is 0 Å². The van der Waals surface area contributed by atoms with Crippen LogP contribution < -0.4 is 5.32 Å². The van der Waals surface area contributed by atoms with Gasteiger partial charge in [0.1, 0.15) is 0 Å². The number of morpholine rings is 1. The number of urea groups is 1. The van der Waals surface area contributed by atoms with E-state index in [9.17, 15) is 4.79 Å². The van der Waals surface area contributed by atoms with Crippen LogP contribution in [0.25, 0.3) is 0 Å². The standard InChI is InChI=1S/C11H16N2O2S/c1-9-8-13(4-5-15-9)11(14)12-7-10-3-2-6-16-10/h2-3,6,9H,4-5,7-8H2,1H3,(H,12,14). The Labute approximate surface area is 99.2 Å². The highest BCUT2D eigenvalue weighted by Crippen LogP contribution is 2.08. The van der Waals surface area contributed by atoms with E-state index in [1.165, 1.54) is 4.88 Å². The van der Waals surface area contributed by atoms with Gasteiger partial charge in [0.25, 0.3) is 0 Å². The van der Waals surface area contributed by atoms with Crippen molar-refractivity contribution in [3.8, 4) is 0 Å². The normalized spacial score (nSPS) is 20.8. The van der Waals surface area contributed by atoms with Gasteiger partial charge in [0, 0.05) is 18.0 Å². The van der Waals surface area contributed by atoms with E-state index in [0.717, 1.165) is 0 Å². The van der Waals surface area contributed by atoms with Crippen LogP contribution in [-0.4, -0.2) is 36.7 Å². The van der Waals surface area contributed by atoms with E-state index in [1.54, 1.807) is 11.3 Å². The molecule has 16 heavy (non-hydrogen) atoms. The lowest BCUT2D eigenvalue weighted by Crippen LogP contribution is -2.48. The average Bonchev–Trinajstić information content (AvgIpc) is 2.78. The molecule has 1 unspecified atom stereocenters. The molecule has 1 aliphatic heterocycles. The first-order valence-corrected chi connectivity index (χ1v) is 6.30. The lowest BCUT2D eigenvalue weighted by molar-refractivity contribution is -0.00350. The van der Waals surface area contributed by atoms with Crippen LogP contribution in [0.4, 0.5) is 4.79 Å². The van der Waals surface area contributed by atoms with Gasteiger partial charge in [0.15, 0.2) is 0 Å². The monoisotopic (exact) mass is 240 g/mol. The Bertz CT molecular complexity index is 340. The zero-order valence-electron chi connectivity index (χ0n) is 9.31. The zero-order valence-corrected chi connectivity index (χ0v) is 10.1. The lowest BCUT2D eigenvalue weighted by Gasteiger charge is -2.31. The first kappa shape index (κ1) is 11.4. The minimum Gasteiger partial charge on any atom is -0.375 e. The number of rotatable bonds is 2. The fourth-order valence-corrected chi connectivity index (χ4v) is 2.34. The summed E-state index contributed by atoms with van der Waals surface area (Å²) in [6.07, 6.45) is 0.140. The number of carbonyl (C=O) groups is 1. The Morgan fingerprint density at radius 1 is 1.75 bits per heavy atom. The zero-order chi connectivity index (χ0) is 11.4. The maximum absolute atomic E-state index is 11.8. The molecule has 4 nitrogen and oxygen atoms in total. The summed E-state index contributed by atoms with van der Waals surface area (Å²) in [6, 6.07) is 4.01. The molecule has 2 rings (SSSR count). The second-order valence-electron chi connectivity index (χ2n) is 3.87. The van der Waals surface area contributed by atoms with Gasteiger partial charge < -0.3 is 15.0 Å². The summed E-state index contributed by atoms with van der Waals surface area (Å²) in [4.78, 5) is 14.8. The summed E-state index contributed by atoms with van der Waals surface area (Å²) in [5.41, 5.74) is 0. The van der Waals surface area contributed by atoms with Crippen molar-refractivity contribution in [2.75, 3.05) is 19.7 Å². The highest BCUT2D eigenvalue weighted by atomic mass is 32.1. The molecule has 5 heteroatoms. The number of amides is 2. The Morgan fingerprint density at radius 2 is 2.62 bits per heavy atom. The first-order valence-electron chi connectivity index (χ1n) is 5.42. The largest absolute Gasteiger partial charge is 0.375 e. The molecule has 0 saturated carbocycles. The van der Waals surface area contributed by atoms with Gasteiger partial charge >= 0.3 is 6.03 Å². The lowest BCUT2D eigenvalue weighted by atomic mass is 10.3. The molecule has 1 aromatic rings. The summed E-state index contributed by atoms with van der Waals surface area (Å²) in [6.45, 7) is 4.59. The van der Waals surface area contributed by atoms with Crippen molar-refractivity contribution in [1.82, 2.24) is 10.2 Å². The van der Waals surface area contributed by atoms with Crippen LogP contribution in [-0.2, 0) is 11.3 Å². The SMILES string of the molecule is CC1CN(C(=O)NCc2cccs2)CCO1. The van der Waals surface area contributed by atoms with E-state index >= 15 is 0 Å². The second kappa shape index (κ2) is 5.32. The predicted octanol–water partition coefficient (Wildman–Crippen LogP) is 1.68. The number of ether oxygens (including phenoxy) is 1. The Balaban J connectivity index is 1.79. The average molecular weight is 240 g/mol. The molecule has 2 amide bonds. The molecule has 1 atom stereocenters. The van der Waals surface area contributed by atoms with Crippen LogP contribution in [0.3, 0.4) is 0 Å². The number of nitrogens with zero attached hydrogens (tertiary/aromatic N) is 1. The number of hydrogen-bond donors (Lipinski definition) is 1. The molecule has 1 aromatic heterocycles. The molecule has 1 N–H and O–H groups in total. The van der Waals surface area contributed by atoms with Crippen molar-refractivity contribution in [3.05, 3.63) is 22.4 Å². The van der Waals surface area contributed by atoms with Gasteiger partial charge in [0.2, 0.25) is 0 Å². The molecule has 1 fully saturated rings. The Hall–Kier alpha value is -1.07. The molecule has 2 heterocycles. The molecular weight excluding hydrogens is 224 g/mol. The van der Waals surface area contributed by atoms with Gasteiger partial charge in [-0.05, 0) is 18.4 Å². The highest BCUT2D eigenvalue weighted by Gasteiger charge is 2.20. The van der Waals surface area contributed by atoms with Gasteiger partial charge in [-0.2, -0.15) is 0 Å². The highest BCUT2D eigenvalue weighted by molar-refractivity contribution is 7.09. The first-order chi connectivity index (χ1) is 7.75. The molecule has 1 saturated heterocycles. The van der Waals surface area contributed by atoms with E-state index in [2.05, 4.69) is 5.32 Å². The number of thiophene rings is 1. The van der Waals surface area contributed by atoms with Gasteiger partial charge in [-0.15, -0.1) is 11.3 Å². The topological polar surface area (TPSA) is 41.6 Å². The fourth-order valence-electron chi connectivity index (χ4n) is 1.69. The molecule has 88 valence electrons. The minimum atomic E-state index is 0.00329. The summed E-state index contributed by atoms with van der Waals surface area (Å²) < 4.78 is 5.39. The quantitative estimate of drug-likeness (QED) is 0.854. The summed E-state index contributed by atoms with van der Waals surface area (Å²) in [7, 11) is 0. The molecule has 0 spiro atoms.